The Hall–Kier alpha value is -1.50. The van der Waals surface area contributed by atoms with E-state index in [-0.39, 0.29) is 16.1 Å². The van der Waals surface area contributed by atoms with Gasteiger partial charge in [0.25, 0.3) is 0 Å². The Balaban J connectivity index is 1.76. The van der Waals surface area contributed by atoms with Crippen LogP contribution in [0, 0.1) is 0 Å². The topological polar surface area (TPSA) is 59.1 Å². The van der Waals surface area contributed by atoms with E-state index < -0.39 is 5.60 Å². The molecule has 0 bridgehead atoms. The van der Waals surface area contributed by atoms with E-state index in [9.17, 15) is 9.59 Å². The fourth-order valence-electron chi connectivity index (χ4n) is 2.51. The smallest absolute Gasteiger partial charge is 0.410 e. The van der Waals surface area contributed by atoms with Crippen molar-refractivity contribution >= 4 is 35.6 Å². The van der Waals surface area contributed by atoms with Crippen LogP contribution >= 0.6 is 23.2 Å². The minimum Gasteiger partial charge on any atom is -0.491 e. The Labute approximate surface area is 163 Å². The van der Waals surface area contributed by atoms with E-state index in [0.29, 0.717) is 43.8 Å². The molecule has 0 aliphatic carbocycles. The van der Waals surface area contributed by atoms with E-state index in [0.717, 1.165) is 13.1 Å². The van der Waals surface area contributed by atoms with Crippen molar-refractivity contribution < 1.29 is 19.1 Å². The van der Waals surface area contributed by atoms with Crippen molar-refractivity contribution in [2.24, 2.45) is 0 Å². The lowest BCUT2D eigenvalue weighted by Gasteiger charge is -2.35. The monoisotopic (exact) mass is 402 g/mol. The van der Waals surface area contributed by atoms with Crippen LogP contribution in [0.5, 0.6) is 5.75 Å². The van der Waals surface area contributed by atoms with E-state index in [2.05, 4.69) is 4.90 Å². The third kappa shape index (κ3) is 5.76. The fraction of sp³-hybridized carbons (Fsp3) is 0.556. The lowest BCUT2D eigenvalue weighted by molar-refractivity contribution is 0.0137. The van der Waals surface area contributed by atoms with E-state index in [1.807, 2.05) is 20.8 Å². The van der Waals surface area contributed by atoms with Crippen molar-refractivity contribution in [1.82, 2.24) is 9.80 Å². The van der Waals surface area contributed by atoms with Crippen LogP contribution in [0.25, 0.3) is 0 Å². The van der Waals surface area contributed by atoms with Crippen molar-refractivity contribution in [2.75, 3.05) is 39.3 Å². The number of benzene rings is 1. The average Bonchev–Trinajstić information content (AvgIpc) is 2.58. The van der Waals surface area contributed by atoms with Crippen LogP contribution in [-0.2, 0) is 4.74 Å². The predicted octanol–water partition coefficient (Wildman–Crippen LogP) is 3.74. The summed E-state index contributed by atoms with van der Waals surface area (Å²) in [6, 6.07) is 3.22. The van der Waals surface area contributed by atoms with Gasteiger partial charge in [-0.25, -0.2) is 4.79 Å². The van der Waals surface area contributed by atoms with Gasteiger partial charge in [-0.05, 0) is 32.9 Å². The third-order valence-electron chi connectivity index (χ3n) is 3.89. The summed E-state index contributed by atoms with van der Waals surface area (Å²) >= 11 is 12.1. The van der Waals surface area contributed by atoms with Gasteiger partial charge in [-0.2, -0.15) is 0 Å². The molecule has 0 spiro atoms. The van der Waals surface area contributed by atoms with Gasteiger partial charge in [0, 0.05) is 38.3 Å². The first-order valence-corrected chi connectivity index (χ1v) is 9.23. The molecule has 1 aromatic rings. The number of amides is 1. The molecular weight excluding hydrogens is 379 g/mol. The molecule has 1 aliphatic heterocycles. The minimum atomic E-state index is -0.484. The van der Waals surface area contributed by atoms with Crippen LogP contribution < -0.4 is 4.74 Å². The lowest BCUT2D eigenvalue weighted by atomic mass is 10.2. The van der Waals surface area contributed by atoms with Gasteiger partial charge < -0.3 is 14.4 Å². The zero-order valence-corrected chi connectivity index (χ0v) is 16.8. The Kier molecular flexibility index (Phi) is 7.15. The first kappa shape index (κ1) is 20.8. The lowest BCUT2D eigenvalue weighted by Crippen LogP contribution is -2.50. The van der Waals surface area contributed by atoms with Crippen LogP contribution in [0.4, 0.5) is 4.79 Å². The van der Waals surface area contributed by atoms with Gasteiger partial charge in [0.2, 0.25) is 0 Å². The summed E-state index contributed by atoms with van der Waals surface area (Å²) in [5.41, 5.74) is -0.149. The number of carbonyl (C=O) groups excluding carboxylic acids is 2. The third-order valence-corrected chi connectivity index (χ3v) is 4.77. The van der Waals surface area contributed by atoms with Gasteiger partial charge in [0.1, 0.15) is 23.0 Å². The van der Waals surface area contributed by atoms with Crippen molar-refractivity contribution in [3.8, 4) is 5.75 Å². The second kappa shape index (κ2) is 8.93. The molecule has 1 saturated heterocycles. The van der Waals surface area contributed by atoms with Crippen molar-refractivity contribution in [3.63, 3.8) is 0 Å². The Morgan fingerprint density at radius 3 is 2.38 bits per heavy atom. The van der Waals surface area contributed by atoms with Crippen LogP contribution in [-0.4, -0.2) is 67.1 Å². The molecule has 1 heterocycles. The molecule has 0 saturated carbocycles. The van der Waals surface area contributed by atoms with E-state index >= 15 is 0 Å². The van der Waals surface area contributed by atoms with Gasteiger partial charge in [0.15, 0.2) is 6.29 Å². The highest BCUT2D eigenvalue weighted by atomic mass is 35.5. The highest BCUT2D eigenvalue weighted by Crippen LogP contribution is 2.34. The summed E-state index contributed by atoms with van der Waals surface area (Å²) in [5.74, 6) is 0.453. The van der Waals surface area contributed by atoms with Gasteiger partial charge >= 0.3 is 6.09 Å². The average molecular weight is 403 g/mol. The molecule has 26 heavy (non-hydrogen) atoms. The molecule has 1 aromatic carbocycles. The molecule has 8 heteroatoms. The number of hydrogen-bond donors (Lipinski definition) is 0. The first-order valence-electron chi connectivity index (χ1n) is 8.47. The number of hydrogen-bond acceptors (Lipinski definition) is 5. The molecule has 6 nitrogen and oxygen atoms in total. The Morgan fingerprint density at radius 1 is 1.15 bits per heavy atom. The summed E-state index contributed by atoms with van der Waals surface area (Å²) in [7, 11) is 0. The molecule has 1 fully saturated rings. The molecule has 0 unspecified atom stereocenters. The fourth-order valence-corrected chi connectivity index (χ4v) is 2.94. The number of aldehydes is 1. The molecule has 144 valence electrons. The largest absolute Gasteiger partial charge is 0.491 e. The Morgan fingerprint density at radius 2 is 1.81 bits per heavy atom. The highest BCUT2D eigenvalue weighted by molar-refractivity contribution is 6.44. The molecule has 0 atom stereocenters. The normalized spacial score (nSPS) is 15.7. The van der Waals surface area contributed by atoms with Crippen molar-refractivity contribution in [2.45, 2.75) is 26.4 Å². The quantitative estimate of drug-likeness (QED) is 0.702. The van der Waals surface area contributed by atoms with Crippen molar-refractivity contribution in [1.29, 1.82) is 0 Å². The maximum absolute atomic E-state index is 12.0. The van der Waals surface area contributed by atoms with Crippen LogP contribution in [0.3, 0.4) is 0 Å². The van der Waals surface area contributed by atoms with Gasteiger partial charge in [0.05, 0.1) is 5.02 Å². The number of carbonyl (C=O) groups is 2. The van der Waals surface area contributed by atoms with Gasteiger partial charge in [-0.1, -0.05) is 23.2 Å². The molecule has 0 aromatic heterocycles. The van der Waals surface area contributed by atoms with E-state index in [1.165, 1.54) is 0 Å². The summed E-state index contributed by atoms with van der Waals surface area (Å²) in [6.07, 6.45) is 0.382. The number of rotatable bonds is 5. The molecular formula is C18H24Cl2N2O4. The summed E-state index contributed by atoms with van der Waals surface area (Å²) in [4.78, 5) is 26.8. The predicted molar refractivity (Wildman–Crippen MR) is 102 cm³/mol. The minimum absolute atomic E-state index is 0.199. The van der Waals surface area contributed by atoms with Gasteiger partial charge in [-0.3, -0.25) is 9.69 Å². The number of ether oxygens (including phenoxy) is 2. The van der Waals surface area contributed by atoms with Crippen LogP contribution in [0.15, 0.2) is 12.1 Å². The van der Waals surface area contributed by atoms with E-state index in [1.54, 1.807) is 17.0 Å². The molecule has 0 radical (unpaired) electrons. The first-order chi connectivity index (χ1) is 12.2. The maximum Gasteiger partial charge on any atom is 0.410 e. The second-order valence-electron chi connectivity index (χ2n) is 7.06. The SMILES string of the molecule is CC(C)(C)OC(=O)N1CCN(CCOc2ccc(C=O)c(Cl)c2Cl)CC1. The van der Waals surface area contributed by atoms with Crippen LogP contribution in [0.2, 0.25) is 10.0 Å². The van der Waals surface area contributed by atoms with Crippen molar-refractivity contribution in [3.05, 3.63) is 27.7 Å². The molecule has 1 amide bonds. The van der Waals surface area contributed by atoms with Crippen LogP contribution in [0.1, 0.15) is 31.1 Å². The zero-order chi connectivity index (χ0) is 19.3. The molecule has 2 rings (SSSR count). The summed E-state index contributed by atoms with van der Waals surface area (Å²) in [6.45, 7) is 9.45. The molecule has 0 N–H and O–H groups in total. The van der Waals surface area contributed by atoms with E-state index in [4.69, 9.17) is 32.7 Å². The zero-order valence-electron chi connectivity index (χ0n) is 15.3. The molecule has 1 aliphatic rings. The van der Waals surface area contributed by atoms with Gasteiger partial charge in [-0.15, -0.1) is 0 Å². The number of nitrogens with zero attached hydrogens (tertiary/aromatic N) is 2. The Bertz CT molecular complexity index is 653. The number of piperazine rings is 1. The maximum atomic E-state index is 12.0. The highest BCUT2D eigenvalue weighted by Gasteiger charge is 2.25. The summed E-state index contributed by atoms with van der Waals surface area (Å²) < 4.78 is 11.1. The number of halogens is 2. The standard InChI is InChI=1S/C18H24Cl2N2O4/c1-18(2,3)26-17(24)22-8-6-21(7-9-22)10-11-25-14-5-4-13(12-23)15(19)16(14)20/h4-5,12H,6-11H2,1-3H3. The second-order valence-corrected chi connectivity index (χ2v) is 7.81. The summed E-state index contributed by atoms with van der Waals surface area (Å²) in [5, 5.41) is 0.441.